The number of hydrogen-bond acceptors (Lipinski definition) is 1. The maximum atomic E-state index is 8.70. The minimum absolute atomic E-state index is 0.0450. The second-order valence-corrected chi connectivity index (χ2v) is 8.89. The van der Waals surface area contributed by atoms with Gasteiger partial charge in [-0.3, -0.25) is 0 Å². The van der Waals surface area contributed by atoms with Gasteiger partial charge in [-0.2, -0.15) is 0 Å². The molecule has 24 heavy (non-hydrogen) atoms. The third kappa shape index (κ3) is 3.75. The number of hydrogen-bond donors (Lipinski definition) is 1. The van der Waals surface area contributed by atoms with E-state index >= 15 is 0 Å². The van der Waals surface area contributed by atoms with Crippen LogP contribution in [-0.4, -0.2) is 30.1 Å². The van der Waals surface area contributed by atoms with Crippen molar-refractivity contribution in [3.05, 3.63) is 58.7 Å². The molecule has 0 spiro atoms. The van der Waals surface area contributed by atoms with Crippen molar-refractivity contribution in [2.75, 3.05) is 14.1 Å². The topological polar surface area (TPSA) is 26.9 Å². The smallest absolute Gasteiger partial charge is 0.199 e. The molecular formula is C22H31N2+. The van der Waals surface area contributed by atoms with Gasteiger partial charge in [0.2, 0.25) is 0 Å². The highest BCUT2D eigenvalue weighted by molar-refractivity contribution is 6.14. The van der Waals surface area contributed by atoms with E-state index in [2.05, 4.69) is 96.7 Å². The van der Waals surface area contributed by atoms with Gasteiger partial charge in [-0.1, -0.05) is 41.5 Å². The molecule has 0 unspecified atom stereocenters. The standard InChI is InChI=1S/C22H31N2/c1-21(2,3)18-13-16(14-19(20(18)23)22(4,5)6)15-9-11-17(12-10-15)24(7)8/h9-14,23H,1-8H3/q+1. The SMILES string of the molecule is C[N+](C)=C1C=CC(=C2C=C(C(C)(C)C)C(=N)C(C(C)(C)C)=C2)C=C1. The normalized spacial score (nSPS) is 18.8. The van der Waals surface area contributed by atoms with Crippen LogP contribution >= 0.6 is 0 Å². The zero-order valence-corrected chi connectivity index (χ0v) is 16.4. The summed E-state index contributed by atoms with van der Waals surface area (Å²) in [5, 5.41) is 8.70. The second kappa shape index (κ2) is 6.16. The van der Waals surface area contributed by atoms with Crippen molar-refractivity contribution in [3.8, 4) is 0 Å². The van der Waals surface area contributed by atoms with Gasteiger partial charge in [-0.05, 0) is 57.4 Å². The summed E-state index contributed by atoms with van der Waals surface area (Å²) in [5.74, 6) is 0. The molecule has 128 valence electrons. The van der Waals surface area contributed by atoms with Gasteiger partial charge in [0.05, 0.1) is 5.71 Å². The average molecular weight is 324 g/mol. The Morgan fingerprint density at radius 2 is 1.12 bits per heavy atom. The van der Waals surface area contributed by atoms with E-state index in [4.69, 9.17) is 5.41 Å². The summed E-state index contributed by atoms with van der Waals surface area (Å²) in [4.78, 5) is 0. The van der Waals surface area contributed by atoms with Gasteiger partial charge in [0, 0.05) is 12.2 Å². The van der Waals surface area contributed by atoms with Gasteiger partial charge in [0.25, 0.3) is 0 Å². The Morgan fingerprint density at radius 1 is 0.708 bits per heavy atom. The molecular weight excluding hydrogens is 292 g/mol. The van der Waals surface area contributed by atoms with Crippen molar-refractivity contribution in [1.82, 2.24) is 0 Å². The molecule has 0 amide bonds. The summed E-state index contributed by atoms with van der Waals surface area (Å²) in [7, 11) is 4.11. The quantitative estimate of drug-likeness (QED) is 0.600. The van der Waals surface area contributed by atoms with Gasteiger partial charge in [0.1, 0.15) is 14.1 Å². The Hall–Kier alpha value is -1.96. The first-order chi connectivity index (χ1) is 10.9. The largest absolute Gasteiger partial charge is 0.300 e. The highest BCUT2D eigenvalue weighted by Gasteiger charge is 2.31. The summed E-state index contributed by atoms with van der Waals surface area (Å²) < 4.78 is 2.11. The Morgan fingerprint density at radius 3 is 1.46 bits per heavy atom. The van der Waals surface area contributed by atoms with Crippen LogP contribution in [0.25, 0.3) is 0 Å². The summed E-state index contributed by atoms with van der Waals surface area (Å²) >= 11 is 0. The van der Waals surface area contributed by atoms with Crippen LogP contribution in [-0.2, 0) is 0 Å². The molecule has 0 saturated carbocycles. The predicted molar refractivity (Wildman–Crippen MR) is 105 cm³/mol. The van der Waals surface area contributed by atoms with Crippen LogP contribution in [0.15, 0.2) is 58.7 Å². The van der Waals surface area contributed by atoms with Crippen molar-refractivity contribution in [2.24, 2.45) is 10.8 Å². The zero-order chi connectivity index (χ0) is 18.3. The first-order valence-electron chi connectivity index (χ1n) is 8.59. The Kier molecular flexibility index (Phi) is 4.72. The fraction of sp³-hybridized carbons (Fsp3) is 0.455. The lowest BCUT2D eigenvalue weighted by Crippen LogP contribution is -2.27. The molecule has 0 bridgehead atoms. The van der Waals surface area contributed by atoms with Gasteiger partial charge in [0.15, 0.2) is 5.71 Å². The molecule has 1 N–H and O–H groups in total. The Labute approximate surface area is 147 Å². The first kappa shape index (κ1) is 18.4. The zero-order valence-electron chi connectivity index (χ0n) is 16.4. The molecule has 2 rings (SSSR count). The van der Waals surface area contributed by atoms with Crippen LogP contribution in [0.1, 0.15) is 41.5 Å². The second-order valence-electron chi connectivity index (χ2n) is 8.89. The maximum absolute atomic E-state index is 8.70. The molecule has 0 saturated heterocycles. The third-order valence-electron chi connectivity index (χ3n) is 4.47. The lowest BCUT2D eigenvalue weighted by Gasteiger charge is -2.33. The van der Waals surface area contributed by atoms with E-state index in [9.17, 15) is 0 Å². The summed E-state index contributed by atoms with van der Waals surface area (Å²) in [6.07, 6.45) is 13.0. The van der Waals surface area contributed by atoms with Crippen molar-refractivity contribution in [2.45, 2.75) is 41.5 Å². The average Bonchev–Trinajstić information content (AvgIpc) is 2.45. The molecule has 0 atom stereocenters. The van der Waals surface area contributed by atoms with Crippen molar-refractivity contribution >= 4 is 11.4 Å². The lowest BCUT2D eigenvalue weighted by molar-refractivity contribution is -0.462. The molecule has 2 aliphatic carbocycles. The van der Waals surface area contributed by atoms with E-state index in [0.717, 1.165) is 11.1 Å². The molecule has 0 radical (unpaired) electrons. The maximum Gasteiger partial charge on any atom is 0.199 e. The highest BCUT2D eigenvalue weighted by atomic mass is 14.9. The number of nitrogens with one attached hydrogen (secondary N) is 1. The van der Waals surface area contributed by atoms with Crippen LogP contribution in [0.3, 0.4) is 0 Å². The molecule has 0 aromatic carbocycles. The fourth-order valence-corrected chi connectivity index (χ4v) is 2.94. The van der Waals surface area contributed by atoms with E-state index in [1.54, 1.807) is 0 Å². The third-order valence-corrected chi connectivity index (χ3v) is 4.47. The van der Waals surface area contributed by atoms with Gasteiger partial charge >= 0.3 is 0 Å². The molecule has 2 heteroatoms. The molecule has 0 aliphatic heterocycles. The molecule has 0 aromatic heterocycles. The molecule has 0 heterocycles. The minimum Gasteiger partial charge on any atom is -0.300 e. The molecule has 0 aromatic rings. The van der Waals surface area contributed by atoms with Crippen molar-refractivity contribution < 1.29 is 4.58 Å². The lowest BCUT2D eigenvalue weighted by atomic mass is 9.71. The van der Waals surface area contributed by atoms with E-state index < -0.39 is 0 Å². The first-order valence-corrected chi connectivity index (χ1v) is 8.59. The van der Waals surface area contributed by atoms with E-state index in [-0.39, 0.29) is 10.8 Å². The van der Waals surface area contributed by atoms with Crippen LogP contribution in [0.2, 0.25) is 0 Å². The van der Waals surface area contributed by atoms with Crippen molar-refractivity contribution in [3.63, 3.8) is 0 Å². The predicted octanol–water partition coefficient (Wildman–Crippen LogP) is 5.10. The molecule has 2 aliphatic rings. The fourth-order valence-electron chi connectivity index (χ4n) is 2.94. The Bertz CT molecular complexity index is 691. The van der Waals surface area contributed by atoms with Crippen LogP contribution < -0.4 is 0 Å². The number of rotatable bonds is 0. The Balaban J connectivity index is 2.63. The van der Waals surface area contributed by atoms with Crippen LogP contribution in [0, 0.1) is 16.2 Å². The minimum atomic E-state index is -0.0450. The summed E-state index contributed by atoms with van der Waals surface area (Å²) in [5.41, 5.74) is 6.42. The van der Waals surface area contributed by atoms with E-state index in [0.29, 0.717) is 5.71 Å². The summed E-state index contributed by atoms with van der Waals surface area (Å²) in [6.45, 7) is 13.1. The van der Waals surface area contributed by atoms with E-state index in [1.165, 1.54) is 16.9 Å². The van der Waals surface area contributed by atoms with E-state index in [1.807, 2.05) is 0 Å². The monoisotopic (exact) mass is 323 g/mol. The molecule has 0 fully saturated rings. The van der Waals surface area contributed by atoms with Crippen molar-refractivity contribution in [1.29, 1.82) is 5.41 Å². The number of allylic oxidation sites excluding steroid dienone is 10. The van der Waals surface area contributed by atoms with Gasteiger partial charge in [-0.15, -0.1) is 0 Å². The highest BCUT2D eigenvalue weighted by Crippen LogP contribution is 2.40. The summed E-state index contributed by atoms with van der Waals surface area (Å²) in [6, 6.07) is 0. The van der Waals surface area contributed by atoms with Gasteiger partial charge in [-0.25, -0.2) is 4.58 Å². The van der Waals surface area contributed by atoms with Crippen LogP contribution in [0.5, 0.6) is 0 Å². The van der Waals surface area contributed by atoms with Gasteiger partial charge < -0.3 is 5.41 Å². The molecule has 2 nitrogen and oxygen atoms in total. The number of nitrogens with zero attached hydrogens (tertiary/aromatic N) is 1. The van der Waals surface area contributed by atoms with Crippen LogP contribution in [0.4, 0.5) is 0 Å².